The molecule has 0 saturated heterocycles. The Morgan fingerprint density at radius 1 is 1.11 bits per heavy atom. The molecule has 8 nitrogen and oxygen atoms in total. The van der Waals surface area contributed by atoms with Gasteiger partial charge in [0.15, 0.2) is 0 Å². The summed E-state index contributed by atoms with van der Waals surface area (Å²) in [6.07, 6.45) is 3.09. The van der Waals surface area contributed by atoms with Gasteiger partial charge in [-0.25, -0.2) is 4.98 Å². The first-order chi connectivity index (χ1) is 16.5. The Morgan fingerprint density at radius 3 is 2.51 bits per heavy atom. The summed E-state index contributed by atoms with van der Waals surface area (Å²) in [4.78, 5) is 34.3. The van der Waals surface area contributed by atoms with E-state index in [9.17, 15) is 14.0 Å². The molecule has 0 fully saturated rings. The second-order valence-corrected chi connectivity index (χ2v) is 11.5. The standard InChI is InChI=1S/C24H24AsClFN5O3/c1-24(2,3)22-29-11-20(35-22)31-23(34)30-17-7-13(15(26)8-16(17)27)14-6-12-10-28-19(25-4)9-18(12)32(5)21(14)33/h6-11,25H,1-5H3,(H2,30,31,34). The number of aromatic nitrogens is 3. The van der Waals surface area contributed by atoms with Gasteiger partial charge in [-0.1, -0.05) is 20.8 Å². The molecule has 2 amide bonds. The van der Waals surface area contributed by atoms with Crippen molar-refractivity contribution < 1.29 is 13.6 Å². The molecule has 0 aliphatic heterocycles. The van der Waals surface area contributed by atoms with Crippen LogP contribution >= 0.6 is 11.6 Å². The summed E-state index contributed by atoms with van der Waals surface area (Å²) in [7, 11) is 1.67. The van der Waals surface area contributed by atoms with Crippen molar-refractivity contribution >= 4 is 60.3 Å². The summed E-state index contributed by atoms with van der Waals surface area (Å²) in [6.45, 7) is 5.76. The van der Waals surface area contributed by atoms with Crippen LogP contribution in [-0.2, 0) is 12.5 Å². The van der Waals surface area contributed by atoms with Gasteiger partial charge in [0.25, 0.3) is 0 Å². The van der Waals surface area contributed by atoms with E-state index in [1.807, 2.05) is 26.8 Å². The molecule has 182 valence electrons. The molecule has 1 unspecified atom stereocenters. The average Bonchev–Trinajstić information content (AvgIpc) is 3.27. The first-order valence-corrected chi connectivity index (χ1v) is 14.2. The second-order valence-electron chi connectivity index (χ2n) is 8.97. The van der Waals surface area contributed by atoms with E-state index in [4.69, 9.17) is 16.0 Å². The van der Waals surface area contributed by atoms with Crippen molar-refractivity contribution in [3.63, 3.8) is 0 Å². The fourth-order valence-corrected chi connectivity index (χ4v) is 4.74. The van der Waals surface area contributed by atoms with E-state index in [1.165, 1.54) is 16.8 Å². The maximum absolute atomic E-state index is 14.7. The van der Waals surface area contributed by atoms with E-state index in [0.717, 1.165) is 21.5 Å². The number of hydrogen-bond donors (Lipinski definition) is 2. The molecule has 0 bridgehead atoms. The van der Waals surface area contributed by atoms with E-state index < -0.39 is 11.8 Å². The number of nitrogens with one attached hydrogen (secondary N) is 2. The molecule has 0 aliphatic rings. The van der Waals surface area contributed by atoms with Crippen molar-refractivity contribution in [1.82, 2.24) is 14.5 Å². The van der Waals surface area contributed by atoms with Crippen molar-refractivity contribution in [2.24, 2.45) is 7.05 Å². The van der Waals surface area contributed by atoms with Crippen LogP contribution in [0.5, 0.6) is 0 Å². The normalized spacial score (nSPS) is 12.0. The van der Waals surface area contributed by atoms with Gasteiger partial charge >= 0.3 is 159 Å². The minimum atomic E-state index is -0.752. The second kappa shape index (κ2) is 9.47. The van der Waals surface area contributed by atoms with Gasteiger partial charge < -0.3 is 4.42 Å². The van der Waals surface area contributed by atoms with E-state index in [-0.39, 0.29) is 54.4 Å². The number of rotatable bonds is 4. The SMILES string of the molecule is C[AsH]c1cc2c(cn1)cc(-c1cc(NC(=O)Nc3cnc(C(C)(C)C)o3)c(F)cc1Cl)c(=O)n2C. The Kier molecular flexibility index (Phi) is 6.75. The van der Waals surface area contributed by atoms with Gasteiger partial charge in [-0.2, -0.15) is 0 Å². The number of halogens is 2. The number of carbonyl (C=O) groups is 1. The van der Waals surface area contributed by atoms with E-state index >= 15 is 0 Å². The summed E-state index contributed by atoms with van der Waals surface area (Å²) >= 11 is 5.96. The third-order valence-corrected chi connectivity index (χ3v) is 7.30. The molecule has 1 aromatic carbocycles. The topological polar surface area (TPSA) is 102 Å². The van der Waals surface area contributed by atoms with Crippen molar-refractivity contribution in [2.75, 3.05) is 10.6 Å². The molecule has 4 rings (SSSR count). The number of urea groups is 1. The molecule has 1 atom stereocenters. The zero-order chi connectivity index (χ0) is 25.5. The molecular formula is C24H24AsClFN5O3. The quantitative estimate of drug-likeness (QED) is 0.360. The van der Waals surface area contributed by atoms with Crippen LogP contribution in [0.3, 0.4) is 0 Å². The van der Waals surface area contributed by atoms with Crippen LogP contribution in [0.1, 0.15) is 26.7 Å². The van der Waals surface area contributed by atoms with Crippen LogP contribution in [0.4, 0.5) is 20.8 Å². The molecule has 11 heteroatoms. The summed E-state index contributed by atoms with van der Waals surface area (Å²) in [5.74, 6) is -0.187. The molecular weight excluding hydrogens is 536 g/mol. The minimum absolute atomic E-state index is 0.0414. The molecule has 0 saturated carbocycles. The Balaban J connectivity index is 1.67. The van der Waals surface area contributed by atoms with Gasteiger partial charge in [0.2, 0.25) is 11.8 Å². The summed E-state index contributed by atoms with van der Waals surface area (Å²) < 4.78 is 22.7. The zero-order valence-electron chi connectivity index (χ0n) is 19.8. The molecule has 3 aromatic heterocycles. The van der Waals surface area contributed by atoms with Crippen molar-refractivity contribution in [2.45, 2.75) is 31.9 Å². The Labute approximate surface area is 212 Å². The summed E-state index contributed by atoms with van der Waals surface area (Å²) in [6, 6.07) is 5.25. The Hall–Kier alpha value is -3.16. The third-order valence-electron chi connectivity index (χ3n) is 5.34. The van der Waals surface area contributed by atoms with Gasteiger partial charge in [-0.05, 0) is 0 Å². The molecule has 4 aromatic rings. The fraction of sp³-hybridized carbons (Fsp3) is 0.250. The van der Waals surface area contributed by atoms with Gasteiger partial charge in [0.1, 0.15) is 0 Å². The molecule has 0 radical (unpaired) electrons. The molecule has 3 heterocycles. The average molecular weight is 560 g/mol. The predicted octanol–water partition coefficient (Wildman–Crippen LogP) is 4.43. The number of hydrogen-bond acceptors (Lipinski definition) is 5. The molecule has 0 aliphatic carbocycles. The third kappa shape index (κ3) is 5.11. The van der Waals surface area contributed by atoms with Gasteiger partial charge in [0.05, 0.1) is 6.20 Å². The number of anilines is 2. The van der Waals surface area contributed by atoms with Crippen LogP contribution in [0, 0.1) is 5.82 Å². The van der Waals surface area contributed by atoms with Crippen molar-refractivity contribution in [1.29, 1.82) is 0 Å². The number of benzene rings is 1. The van der Waals surface area contributed by atoms with Gasteiger partial charge in [0, 0.05) is 5.41 Å². The number of pyridine rings is 2. The van der Waals surface area contributed by atoms with Crippen LogP contribution in [0.2, 0.25) is 10.7 Å². The van der Waals surface area contributed by atoms with E-state index in [1.54, 1.807) is 19.3 Å². The van der Waals surface area contributed by atoms with Crippen LogP contribution in [0.25, 0.3) is 22.0 Å². The summed E-state index contributed by atoms with van der Waals surface area (Å²) in [5, 5.41) is 5.72. The van der Waals surface area contributed by atoms with Crippen molar-refractivity contribution in [3.05, 3.63) is 63.7 Å². The number of amides is 2. The Morgan fingerprint density at radius 2 is 1.86 bits per heavy atom. The van der Waals surface area contributed by atoms with Crippen LogP contribution in [-0.4, -0.2) is 36.3 Å². The monoisotopic (exact) mass is 559 g/mol. The maximum atomic E-state index is 14.7. The van der Waals surface area contributed by atoms with Gasteiger partial charge in [-0.3, -0.25) is 0 Å². The van der Waals surface area contributed by atoms with Crippen LogP contribution in [0.15, 0.2) is 45.9 Å². The number of fused-ring (bicyclic) bond motifs is 1. The van der Waals surface area contributed by atoms with E-state index in [2.05, 4.69) is 26.3 Å². The van der Waals surface area contributed by atoms with Crippen LogP contribution < -0.4 is 20.7 Å². The zero-order valence-corrected chi connectivity index (χ0v) is 22.6. The molecule has 2 N–H and O–H groups in total. The van der Waals surface area contributed by atoms with Crippen molar-refractivity contribution in [3.8, 4) is 11.1 Å². The predicted molar refractivity (Wildman–Crippen MR) is 138 cm³/mol. The summed E-state index contributed by atoms with van der Waals surface area (Å²) in [5.41, 5.74) is 2.63. The van der Waals surface area contributed by atoms with E-state index in [0.29, 0.717) is 5.89 Å². The van der Waals surface area contributed by atoms with Gasteiger partial charge in [-0.15, -0.1) is 0 Å². The number of carbonyl (C=O) groups excluding carboxylic acids is 1. The first-order valence-electron chi connectivity index (χ1n) is 10.7. The first kappa shape index (κ1) is 24.9. The number of oxazole rings is 1. The molecule has 35 heavy (non-hydrogen) atoms. The number of aryl methyl sites for hydroxylation is 1. The fourth-order valence-electron chi connectivity index (χ4n) is 3.49. The molecule has 0 spiro atoms. The Bertz CT molecular complexity index is 1510. The number of nitrogens with zero attached hydrogens (tertiary/aromatic N) is 3.